The van der Waals surface area contributed by atoms with E-state index in [0.717, 1.165) is 39.2 Å². The molecule has 30 nitrogen and oxygen atoms in total. The Balaban J connectivity index is 0.000000160. The molecule has 13 rings (SSSR count). The highest BCUT2D eigenvalue weighted by Gasteiger charge is 2.46. The first-order valence-electron chi connectivity index (χ1n) is 32.9. The maximum absolute atomic E-state index is 14.8. The van der Waals surface area contributed by atoms with Crippen molar-refractivity contribution in [3.05, 3.63) is 213 Å². The number of nitrogens with zero attached hydrogens (tertiary/aromatic N) is 6. The maximum atomic E-state index is 14.8. The Bertz CT molecular complexity index is 5050. The van der Waals surface area contributed by atoms with Crippen molar-refractivity contribution in [3.8, 4) is 0 Å². The van der Waals surface area contributed by atoms with Gasteiger partial charge in [-0.2, -0.15) is 25.3 Å². The van der Waals surface area contributed by atoms with Gasteiger partial charge >= 0.3 is 30.9 Å². The highest BCUT2D eigenvalue weighted by molar-refractivity contribution is 7.84. The minimum absolute atomic E-state index is 0.0238. The summed E-state index contributed by atoms with van der Waals surface area (Å²) in [7, 11) is -12.4. The molecule has 1 saturated heterocycles. The average Bonchev–Trinajstić information content (AvgIpc) is 1.60. The maximum Gasteiger partial charge on any atom is 0.333 e. The number of aliphatic hydroxyl groups excluding tert-OH is 3. The zero-order chi connectivity index (χ0) is 76.7. The molecule has 2 aromatic carbocycles. The van der Waals surface area contributed by atoms with Gasteiger partial charge < -0.3 is 44.8 Å². The average molecular weight is 1630 g/mol. The van der Waals surface area contributed by atoms with Crippen molar-refractivity contribution in [3.63, 3.8) is 0 Å². The highest BCUT2D eigenvalue weighted by Crippen LogP contribution is 2.50. The molecule has 1 aliphatic heterocycles. The predicted molar refractivity (Wildman–Crippen MR) is 393 cm³/mol. The number of rotatable bonds is 27. The van der Waals surface area contributed by atoms with Crippen LogP contribution in [0.1, 0.15) is 130 Å². The Morgan fingerprint density at radius 3 is 1.72 bits per heavy atom. The third-order valence-electron chi connectivity index (χ3n) is 18.3. The molecule has 1 unspecified atom stereocenters. The number of nitrogens with two attached hydrogens (primary N) is 3. The molecule has 0 spiro atoms. The first-order chi connectivity index (χ1) is 50.7. The van der Waals surface area contributed by atoms with Crippen LogP contribution >= 0.6 is 57.5 Å². The summed E-state index contributed by atoms with van der Waals surface area (Å²) in [5.41, 5.74) is 5.37. The van der Waals surface area contributed by atoms with Gasteiger partial charge in [0.05, 0.1) is 77.2 Å². The number of aliphatic hydroxyl groups is 3. The van der Waals surface area contributed by atoms with E-state index in [1.807, 2.05) is 48.7 Å². The molecule has 4 aliphatic rings. The van der Waals surface area contributed by atoms with Crippen LogP contribution in [0.5, 0.6) is 0 Å². The summed E-state index contributed by atoms with van der Waals surface area (Å²) < 4.78 is 113. The fourth-order valence-electron chi connectivity index (χ4n) is 13.0. The van der Waals surface area contributed by atoms with Crippen molar-refractivity contribution in [1.29, 1.82) is 0 Å². The molecule has 4 fully saturated rings. The van der Waals surface area contributed by atoms with Gasteiger partial charge in [-0.05, 0) is 128 Å². The predicted octanol–water partition coefficient (Wildman–Crippen LogP) is 8.12. The summed E-state index contributed by atoms with van der Waals surface area (Å²) in [5, 5.41) is 57.3. The van der Waals surface area contributed by atoms with Crippen molar-refractivity contribution in [2.75, 3.05) is 42.4 Å². The van der Waals surface area contributed by atoms with Crippen LogP contribution in [0.3, 0.4) is 0 Å². The molecule has 7 aromatic heterocycles. The third kappa shape index (κ3) is 20.8. The van der Waals surface area contributed by atoms with E-state index in [1.54, 1.807) is 43.3 Å². The van der Waals surface area contributed by atoms with Crippen molar-refractivity contribution < 1.29 is 85.5 Å². The topological polar surface area (TPSA) is 469 Å². The van der Waals surface area contributed by atoms with Gasteiger partial charge in [-0.15, -0.1) is 22.7 Å². The summed E-state index contributed by atoms with van der Waals surface area (Å²) in [6.45, 7) is 3.42. The first-order valence-corrected chi connectivity index (χ1v) is 40.2. The number of benzene rings is 2. The molecule has 11 atom stereocenters. The lowest BCUT2D eigenvalue weighted by Crippen LogP contribution is -2.41. The minimum Gasteiger partial charge on any atom is -0.458 e. The third-order valence-corrected chi connectivity index (χ3v) is 22.5. The standard InChI is InChI=1S/C24H24Cl2N4O6S2.C24H27FN4O6S.C20H21ClN4O6S2/c25-15-3-1-2-14(7-15)24(4-5-35-24)18-9-20(37-22(18)26)21(32)17-10-28-12-29-23(17)30-16-6-13(19(31)8-16)11-36-38(27,33)34;1-13-4-3-5-15(6-13)7-16-9-20(35-14(16)2)23(31)18-10-27-12-28-24(18)29-19-8-17(22(30)21(19)25)11-34-36(26,32)33;21-18-2-1-14(31-18)3-11-4-17(32-9-11)19(27)15-7-23-10-24-20(15)25-13-5-12(16(26)6-13)8-30-33(22,28)29/h1-3,7,9-10,12-13,16,19,31H,4-6,8,11H2,(H2,27,33,34)(H,28,29,30);3-6,9-10,12,17,19,21-22,30H,7-8,11H2,1-2H3,(H2,26,32,33)(H,27,28,29);1-2,4,7,9-10,12-13,16,26H,3,5-6,8H2,(H2,22,28,29)(H,23,24,25)/t13-,16-,19+,24?;17-,19-,21-,22-;12-,13-,16+/m111/s1. The van der Waals surface area contributed by atoms with Gasteiger partial charge in [0.2, 0.25) is 17.3 Å². The quantitative estimate of drug-likeness (QED) is 0.0219. The lowest BCUT2D eigenvalue weighted by Gasteiger charge is -2.42. The number of hydrogen-bond donors (Lipinski definition) is 9. The molecule has 3 saturated carbocycles. The number of alkyl halides is 1. The Morgan fingerprint density at radius 2 is 1.19 bits per heavy atom. The summed E-state index contributed by atoms with van der Waals surface area (Å²) in [6, 6.07) is 22.6. The number of aryl methyl sites for hydroxylation is 2. The van der Waals surface area contributed by atoms with Crippen molar-refractivity contribution in [2.24, 2.45) is 33.2 Å². The monoisotopic (exact) mass is 1630 g/mol. The fourth-order valence-corrected chi connectivity index (χ4v) is 16.7. The number of hydrogen-bond acceptors (Lipinski definition) is 29. The Hall–Kier alpha value is -7.70. The van der Waals surface area contributed by atoms with Gasteiger partial charge in [-0.1, -0.05) is 65.2 Å². The Morgan fingerprint density at radius 1 is 0.636 bits per heavy atom. The van der Waals surface area contributed by atoms with Gasteiger partial charge in [0, 0.05) is 78.3 Å². The second kappa shape index (κ2) is 34.5. The zero-order valence-corrected chi connectivity index (χ0v) is 63.1. The van der Waals surface area contributed by atoms with E-state index in [9.17, 15) is 59.3 Å². The molecule has 39 heteroatoms. The molecule has 0 amide bonds. The van der Waals surface area contributed by atoms with Crippen LogP contribution in [-0.2, 0) is 66.6 Å². The molecular weight excluding hydrogens is 1560 g/mol. The number of ketones is 3. The van der Waals surface area contributed by atoms with E-state index < -0.39 is 97.2 Å². The lowest BCUT2D eigenvalue weighted by molar-refractivity contribution is -0.123. The van der Waals surface area contributed by atoms with Crippen LogP contribution in [-0.4, -0.2) is 157 Å². The van der Waals surface area contributed by atoms with Crippen LogP contribution in [0.2, 0.25) is 14.6 Å². The number of halogens is 4. The van der Waals surface area contributed by atoms with Crippen LogP contribution in [0.15, 0.2) is 131 Å². The van der Waals surface area contributed by atoms with Gasteiger partial charge in [0.1, 0.15) is 64.1 Å². The van der Waals surface area contributed by atoms with E-state index >= 15 is 0 Å². The SMILES string of the molecule is Cc1cccc(Cc2cc(C(=O)c3cncnc3N[C@@H]3C[C@H](COS(N)(=O)=O)[C@@H](O)[C@@H]3F)oc2C)c1.NS(=O)(=O)OC[C@H]1C[C@@H](Nc2ncncc2C(=O)c2cc(C3(c4cccc(Cl)c4)CCO3)c(Cl)s2)C[C@@H]1O.NS(=O)(=O)OC[C@H]1C[C@@H](Nc2ncncc2C(=O)c2cc(Cc3ccc(Cl)o3)cs2)C[C@@H]1O. The van der Waals surface area contributed by atoms with Crippen molar-refractivity contribution >= 4 is 123 Å². The molecule has 0 radical (unpaired) electrons. The molecule has 3 aliphatic carbocycles. The number of anilines is 3. The van der Waals surface area contributed by atoms with Crippen molar-refractivity contribution in [2.45, 2.75) is 113 Å². The smallest absolute Gasteiger partial charge is 0.333 e. The van der Waals surface area contributed by atoms with Gasteiger partial charge in [0.15, 0.2) is 11.0 Å². The number of thiophene rings is 2. The summed E-state index contributed by atoms with van der Waals surface area (Å²) >= 11 is 21.1. The van der Waals surface area contributed by atoms with Crippen LogP contribution in [0.25, 0.3) is 0 Å². The number of carbonyl (C=O) groups excluding carboxylic acids is 3. The highest BCUT2D eigenvalue weighted by atomic mass is 35.5. The van der Waals surface area contributed by atoms with Gasteiger partial charge in [0.25, 0.3) is 0 Å². The Labute approximate surface area is 636 Å². The molecule has 9 aromatic rings. The van der Waals surface area contributed by atoms with E-state index in [2.05, 4.69) is 64.5 Å². The number of furan rings is 2. The van der Waals surface area contributed by atoms with E-state index in [4.69, 9.17) is 63.8 Å². The largest absolute Gasteiger partial charge is 0.458 e. The van der Waals surface area contributed by atoms with Crippen LogP contribution in [0.4, 0.5) is 21.8 Å². The van der Waals surface area contributed by atoms with E-state index in [0.29, 0.717) is 110 Å². The van der Waals surface area contributed by atoms with Gasteiger partial charge in [-0.3, -0.25) is 26.9 Å². The van der Waals surface area contributed by atoms with Gasteiger partial charge in [-0.25, -0.2) is 49.7 Å². The normalized spacial score (nSPS) is 22.8. The second-order valence-electron chi connectivity index (χ2n) is 25.9. The number of nitrogens with one attached hydrogen (secondary N) is 3. The molecule has 570 valence electrons. The Kier molecular flexibility index (Phi) is 25.9. The number of carbonyl (C=O) groups is 3. The van der Waals surface area contributed by atoms with E-state index in [-0.39, 0.29) is 66.0 Å². The number of aromatic nitrogens is 6. The van der Waals surface area contributed by atoms with Crippen LogP contribution in [0, 0.1) is 31.6 Å². The molecular formula is C68H72Cl3FN12O18S5. The van der Waals surface area contributed by atoms with Crippen molar-refractivity contribution in [1.82, 2.24) is 29.9 Å². The zero-order valence-electron chi connectivity index (χ0n) is 56.7. The lowest BCUT2D eigenvalue weighted by atomic mass is 9.81. The number of ether oxygens (including phenoxy) is 1. The summed E-state index contributed by atoms with van der Waals surface area (Å²) in [6.07, 6.45) is 6.46. The fraction of sp³-hybridized carbons (Fsp3) is 0.368. The summed E-state index contributed by atoms with van der Waals surface area (Å²) in [4.78, 5) is 65.4. The molecule has 107 heavy (non-hydrogen) atoms. The minimum atomic E-state index is -4.23. The van der Waals surface area contributed by atoms with E-state index in [1.165, 1.54) is 48.9 Å². The van der Waals surface area contributed by atoms with Crippen LogP contribution < -0.4 is 31.4 Å². The summed E-state index contributed by atoms with van der Waals surface area (Å²) in [5.74, 6) is -0.638. The molecule has 0 bridgehead atoms. The molecule has 12 N–H and O–H groups in total. The second-order valence-corrected chi connectivity index (χ2v) is 33.0. The first kappa shape index (κ1) is 80.3. The molecule has 8 heterocycles.